The molecule has 1 aromatic carbocycles. The second-order valence-electron chi connectivity index (χ2n) is 10.1. The fraction of sp³-hybridized carbons (Fsp3) is 0.615. The van der Waals surface area contributed by atoms with Gasteiger partial charge in [0.05, 0.1) is 13.2 Å². The minimum absolute atomic E-state index is 0.0636. The number of likely N-dealkylation sites (tertiary alicyclic amines) is 1. The molecule has 0 amide bonds. The highest BCUT2D eigenvalue weighted by Gasteiger charge is 2.41. The van der Waals surface area contributed by atoms with Crippen LogP contribution in [0.3, 0.4) is 0 Å². The molecule has 5 rings (SSSR count). The van der Waals surface area contributed by atoms with E-state index in [2.05, 4.69) is 50.5 Å². The van der Waals surface area contributed by atoms with Crippen LogP contribution in [-0.2, 0) is 17.7 Å². The second kappa shape index (κ2) is 9.96. The van der Waals surface area contributed by atoms with E-state index in [1.54, 1.807) is 7.11 Å². The quantitative estimate of drug-likeness (QED) is 0.571. The third-order valence-electron chi connectivity index (χ3n) is 7.92. The van der Waals surface area contributed by atoms with Gasteiger partial charge in [-0.15, -0.1) is 5.10 Å². The summed E-state index contributed by atoms with van der Waals surface area (Å²) in [6, 6.07) is 8.05. The number of fused-ring (bicyclic) bond motifs is 1. The van der Waals surface area contributed by atoms with Gasteiger partial charge in [0.25, 0.3) is 5.56 Å². The maximum absolute atomic E-state index is 13.5. The van der Waals surface area contributed by atoms with Gasteiger partial charge in [-0.1, -0.05) is 32.3 Å². The smallest absolute Gasteiger partial charge is 0.253 e. The molecule has 3 heterocycles. The van der Waals surface area contributed by atoms with Crippen LogP contribution in [0.2, 0.25) is 0 Å². The van der Waals surface area contributed by atoms with Gasteiger partial charge in [-0.05, 0) is 83.6 Å². The van der Waals surface area contributed by atoms with Crippen LogP contribution in [0.4, 0.5) is 0 Å². The number of methoxy groups -OCH3 is 1. The third-order valence-corrected chi connectivity index (χ3v) is 7.92. The Labute approximate surface area is 200 Å². The van der Waals surface area contributed by atoms with Crippen molar-refractivity contribution >= 4 is 10.9 Å². The molecule has 8 nitrogen and oxygen atoms in total. The minimum Gasteiger partial charge on any atom is -0.383 e. The van der Waals surface area contributed by atoms with Crippen molar-refractivity contribution in [3.63, 3.8) is 0 Å². The lowest BCUT2D eigenvalue weighted by atomic mass is 9.69. The molecule has 1 atom stereocenters. The van der Waals surface area contributed by atoms with Crippen LogP contribution in [0.25, 0.3) is 10.9 Å². The predicted octanol–water partition coefficient (Wildman–Crippen LogP) is 3.86. The molecule has 1 N–H and O–H groups in total. The number of ether oxygens (including phenoxy) is 1. The molecule has 0 unspecified atom stereocenters. The summed E-state index contributed by atoms with van der Waals surface area (Å²) in [5, 5.41) is 13.8. The first kappa shape index (κ1) is 23.2. The SMILES string of the molecule is CCc1ccc2[nH]c(=O)c([C@H](c3nnnn3CCOC)N3CCCC4(CCCCC4)C3)cc2c1. The number of rotatable bonds is 7. The van der Waals surface area contributed by atoms with E-state index in [4.69, 9.17) is 4.74 Å². The topological polar surface area (TPSA) is 88.9 Å². The van der Waals surface area contributed by atoms with Gasteiger partial charge in [-0.2, -0.15) is 0 Å². The number of H-pyrrole nitrogens is 1. The van der Waals surface area contributed by atoms with Crippen molar-refractivity contribution in [3.05, 3.63) is 51.6 Å². The number of hydrogen-bond acceptors (Lipinski definition) is 6. The number of tetrazole rings is 1. The molecular formula is C26H36N6O2. The lowest BCUT2D eigenvalue weighted by Gasteiger charge is -2.47. The predicted molar refractivity (Wildman–Crippen MR) is 132 cm³/mol. The number of pyridine rings is 1. The summed E-state index contributed by atoms with van der Waals surface area (Å²) in [4.78, 5) is 19.1. The van der Waals surface area contributed by atoms with Gasteiger partial charge < -0.3 is 9.72 Å². The zero-order valence-electron chi connectivity index (χ0n) is 20.4. The number of hydrogen-bond donors (Lipinski definition) is 1. The largest absolute Gasteiger partial charge is 0.383 e. The Bertz CT molecular complexity index is 1170. The lowest BCUT2D eigenvalue weighted by Crippen LogP contribution is -2.47. The van der Waals surface area contributed by atoms with E-state index in [-0.39, 0.29) is 11.6 Å². The van der Waals surface area contributed by atoms with E-state index in [0.717, 1.165) is 48.2 Å². The molecule has 1 aliphatic heterocycles. The highest BCUT2D eigenvalue weighted by Crippen LogP contribution is 2.45. The summed E-state index contributed by atoms with van der Waals surface area (Å²) in [7, 11) is 1.68. The average molecular weight is 465 g/mol. The number of piperidine rings is 1. The average Bonchev–Trinajstić information content (AvgIpc) is 3.31. The van der Waals surface area contributed by atoms with Crippen LogP contribution >= 0.6 is 0 Å². The van der Waals surface area contributed by atoms with Crippen LogP contribution in [0.15, 0.2) is 29.1 Å². The molecule has 2 aromatic heterocycles. The second-order valence-corrected chi connectivity index (χ2v) is 10.1. The van der Waals surface area contributed by atoms with Crippen LogP contribution in [0, 0.1) is 5.41 Å². The van der Waals surface area contributed by atoms with Gasteiger partial charge in [0.1, 0.15) is 6.04 Å². The van der Waals surface area contributed by atoms with Crippen molar-refractivity contribution in [1.82, 2.24) is 30.1 Å². The molecule has 2 aliphatic rings. The van der Waals surface area contributed by atoms with E-state index >= 15 is 0 Å². The summed E-state index contributed by atoms with van der Waals surface area (Å²) in [5.74, 6) is 0.724. The fourth-order valence-electron chi connectivity index (χ4n) is 6.12. The van der Waals surface area contributed by atoms with Gasteiger partial charge in [0.15, 0.2) is 5.82 Å². The van der Waals surface area contributed by atoms with Crippen LogP contribution in [0.5, 0.6) is 0 Å². The van der Waals surface area contributed by atoms with Crippen LogP contribution < -0.4 is 5.56 Å². The molecule has 1 spiro atoms. The van der Waals surface area contributed by atoms with Crippen LogP contribution in [-0.4, -0.2) is 56.9 Å². The first-order valence-corrected chi connectivity index (χ1v) is 12.8. The monoisotopic (exact) mass is 464 g/mol. The van der Waals surface area contributed by atoms with E-state index < -0.39 is 0 Å². The Kier molecular flexibility index (Phi) is 6.79. The molecule has 0 bridgehead atoms. The molecule has 3 aromatic rings. The summed E-state index contributed by atoms with van der Waals surface area (Å²) in [6.07, 6.45) is 9.88. The Morgan fingerprint density at radius 2 is 1.97 bits per heavy atom. The molecule has 1 saturated heterocycles. The van der Waals surface area contributed by atoms with Crippen molar-refractivity contribution in [2.45, 2.75) is 70.9 Å². The highest BCUT2D eigenvalue weighted by molar-refractivity contribution is 5.80. The molecule has 2 fully saturated rings. The van der Waals surface area contributed by atoms with Gasteiger partial charge in [0, 0.05) is 24.7 Å². The van der Waals surface area contributed by atoms with Gasteiger partial charge in [-0.3, -0.25) is 9.69 Å². The fourth-order valence-corrected chi connectivity index (χ4v) is 6.12. The summed E-state index contributed by atoms with van der Waals surface area (Å²) < 4.78 is 7.11. The number of nitrogens with zero attached hydrogens (tertiary/aromatic N) is 5. The standard InChI is InChI=1S/C26H36N6O2/c1-3-19-8-9-22-20(16-19)17-21(25(33)27-22)23(24-28-29-30-32(24)14-15-34-2)31-13-7-12-26(18-31)10-5-4-6-11-26/h8-9,16-17,23H,3-7,10-15,18H2,1-2H3,(H,27,33)/t23-/m1/s1. The van der Waals surface area contributed by atoms with E-state index in [9.17, 15) is 4.79 Å². The van der Waals surface area contributed by atoms with Gasteiger partial charge in [0.2, 0.25) is 0 Å². The molecular weight excluding hydrogens is 428 g/mol. The van der Waals surface area contributed by atoms with Crippen molar-refractivity contribution < 1.29 is 4.74 Å². The minimum atomic E-state index is -0.288. The normalized spacial score (nSPS) is 19.6. The molecule has 1 saturated carbocycles. The van der Waals surface area contributed by atoms with Crippen molar-refractivity contribution in [2.75, 3.05) is 26.8 Å². The zero-order valence-corrected chi connectivity index (χ0v) is 20.4. The Morgan fingerprint density at radius 1 is 1.15 bits per heavy atom. The first-order chi connectivity index (χ1) is 16.6. The highest BCUT2D eigenvalue weighted by atomic mass is 16.5. The Balaban J connectivity index is 1.61. The third kappa shape index (κ3) is 4.53. The Hall–Kier alpha value is -2.58. The number of aryl methyl sites for hydroxylation is 1. The van der Waals surface area contributed by atoms with Crippen LogP contribution in [0.1, 0.15) is 74.9 Å². The van der Waals surface area contributed by atoms with Crippen molar-refractivity contribution in [2.24, 2.45) is 5.41 Å². The maximum atomic E-state index is 13.5. The summed E-state index contributed by atoms with van der Waals surface area (Å²) in [5.41, 5.74) is 3.13. The number of aromatic nitrogens is 5. The summed E-state index contributed by atoms with van der Waals surface area (Å²) in [6.45, 7) is 5.15. The maximum Gasteiger partial charge on any atom is 0.253 e. The molecule has 1 aliphatic carbocycles. The van der Waals surface area contributed by atoms with Gasteiger partial charge >= 0.3 is 0 Å². The number of benzene rings is 1. The number of aromatic amines is 1. The molecule has 34 heavy (non-hydrogen) atoms. The van der Waals surface area contributed by atoms with E-state index in [0.29, 0.717) is 18.6 Å². The zero-order chi connectivity index (χ0) is 23.5. The van der Waals surface area contributed by atoms with E-state index in [1.807, 2.05) is 10.7 Å². The Morgan fingerprint density at radius 3 is 2.76 bits per heavy atom. The summed E-state index contributed by atoms with van der Waals surface area (Å²) >= 11 is 0. The molecule has 182 valence electrons. The van der Waals surface area contributed by atoms with Crippen molar-refractivity contribution in [1.29, 1.82) is 0 Å². The van der Waals surface area contributed by atoms with E-state index in [1.165, 1.54) is 44.1 Å². The van der Waals surface area contributed by atoms with Crippen molar-refractivity contribution in [3.8, 4) is 0 Å². The number of nitrogens with one attached hydrogen (secondary N) is 1. The lowest BCUT2D eigenvalue weighted by molar-refractivity contribution is 0.0335. The first-order valence-electron chi connectivity index (χ1n) is 12.8. The molecule has 0 radical (unpaired) electrons. The molecule has 8 heteroatoms. The van der Waals surface area contributed by atoms with Gasteiger partial charge in [-0.25, -0.2) is 4.68 Å².